The largest absolute Gasteiger partial charge is 0.465 e. The smallest absolute Gasteiger partial charge is 0.337 e. The van der Waals surface area contributed by atoms with Gasteiger partial charge in [-0.1, -0.05) is 11.6 Å². The zero-order valence-electron chi connectivity index (χ0n) is 11.4. The Morgan fingerprint density at radius 2 is 2.14 bits per heavy atom. The molecule has 0 bridgehead atoms. The number of methoxy groups -OCH3 is 1. The van der Waals surface area contributed by atoms with Gasteiger partial charge in [0.1, 0.15) is 0 Å². The minimum Gasteiger partial charge on any atom is -0.465 e. The molecule has 0 atom stereocenters. The van der Waals surface area contributed by atoms with Crippen LogP contribution in [0.15, 0.2) is 35.0 Å². The molecule has 0 aliphatic carbocycles. The van der Waals surface area contributed by atoms with Crippen molar-refractivity contribution in [2.75, 3.05) is 12.4 Å². The quantitative estimate of drug-likeness (QED) is 0.852. The van der Waals surface area contributed by atoms with Crippen molar-refractivity contribution in [2.45, 2.75) is 12.8 Å². The zero-order chi connectivity index (χ0) is 15.2. The van der Waals surface area contributed by atoms with E-state index in [4.69, 9.17) is 11.6 Å². The van der Waals surface area contributed by atoms with Crippen LogP contribution in [0.1, 0.15) is 22.3 Å². The summed E-state index contributed by atoms with van der Waals surface area (Å²) in [6.45, 7) is 0. The Bertz CT molecular complexity index is 640. The summed E-state index contributed by atoms with van der Waals surface area (Å²) in [5.41, 5.74) is 1.88. The van der Waals surface area contributed by atoms with Crippen LogP contribution in [0.4, 0.5) is 5.69 Å². The van der Waals surface area contributed by atoms with Crippen LogP contribution in [0, 0.1) is 0 Å². The number of anilines is 1. The van der Waals surface area contributed by atoms with Crippen LogP contribution in [-0.2, 0) is 16.0 Å². The van der Waals surface area contributed by atoms with Crippen molar-refractivity contribution in [3.63, 3.8) is 0 Å². The average molecular weight is 324 g/mol. The van der Waals surface area contributed by atoms with E-state index in [1.807, 2.05) is 16.8 Å². The maximum atomic E-state index is 11.9. The number of hydrogen-bond acceptors (Lipinski definition) is 4. The second kappa shape index (κ2) is 7.24. The highest BCUT2D eigenvalue weighted by Gasteiger charge is 2.11. The van der Waals surface area contributed by atoms with Crippen molar-refractivity contribution in [1.82, 2.24) is 0 Å². The zero-order valence-corrected chi connectivity index (χ0v) is 13.0. The number of halogens is 1. The number of thiophene rings is 1. The summed E-state index contributed by atoms with van der Waals surface area (Å²) >= 11 is 7.62. The number of rotatable bonds is 5. The van der Waals surface area contributed by atoms with Gasteiger partial charge in [0.25, 0.3) is 0 Å². The second-order valence-electron chi connectivity index (χ2n) is 4.37. The third kappa shape index (κ3) is 4.31. The fraction of sp³-hybridized carbons (Fsp3) is 0.200. The lowest BCUT2D eigenvalue weighted by molar-refractivity contribution is -0.116. The Labute approximate surface area is 131 Å². The summed E-state index contributed by atoms with van der Waals surface area (Å²) in [6.07, 6.45) is 1.03. The highest BCUT2D eigenvalue weighted by Crippen LogP contribution is 2.23. The van der Waals surface area contributed by atoms with Crippen LogP contribution in [0.2, 0.25) is 5.02 Å². The lowest BCUT2D eigenvalue weighted by Crippen LogP contribution is -2.13. The molecular weight excluding hydrogens is 310 g/mol. The van der Waals surface area contributed by atoms with Gasteiger partial charge in [-0.25, -0.2) is 4.79 Å². The lowest BCUT2D eigenvalue weighted by atomic mass is 10.1. The minimum absolute atomic E-state index is 0.148. The molecule has 21 heavy (non-hydrogen) atoms. The van der Waals surface area contributed by atoms with Gasteiger partial charge in [-0.2, -0.15) is 11.3 Å². The van der Waals surface area contributed by atoms with Gasteiger partial charge in [-0.15, -0.1) is 0 Å². The van der Waals surface area contributed by atoms with Crippen molar-refractivity contribution in [1.29, 1.82) is 0 Å². The van der Waals surface area contributed by atoms with E-state index in [0.717, 1.165) is 5.56 Å². The fourth-order valence-corrected chi connectivity index (χ4v) is 2.64. The minimum atomic E-state index is -0.472. The molecule has 1 aromatic heterocycles. The number of ether oxygens (including phenoxy) is 1. The first-order chi connectivity index (χ1) is 10.1. The third-order valence-electron chi connectivity index (χ3n) is 2.88. The molecule has 0 saturated heterocycles. The highest BCUT2D eigenvalue weighted by molar-refractivity contribution is 7.07. The van der Waals surface area contributed by atoms with E-state index in [1.165, 1.54) is 13.2 Å². The van der Waals surface area contributed by atoms with Crippen molar-refractivity contribution in [2.24, 2.45) is 0 Å². The molecule has 1 aromatic carbocycles. The van der Waals surface area contributed by atoms with Crippen molar-refractivity contribution in [3.05, 3.63) is 51.2 Å². The van der Waals surface area contributed by atoms with Gasteiger partial charge in [0.15, 0.2) is 0 Å². The normalized spacial score (nSPS) is 10.2. The molecule has 1 N–H and O–H groups in total. The molecule has 1 heterocycles. The van der Waals surface area contributed by atoms with Crippen molar-refractivity contribution >= 4 is 40.5 Å². The molecule has 4 nitrogen and oxygen atoms in total. The molecule has 110 valence electrons. The fourth-order valence-electron chi connectivity index (χ4n) is 1.77. The number of carbonyl (C=O) groups is 2. The standard InChI is InChI=1S/C15H14ClNO3S/c1-20-15(19)11-3-4-12(16)13(8-11)17-14(18)5-2-10-6-7-21-9-10/h3-4,6-9H,2,5H2,1H3,(H,17,18). The topological polar surface area (TPSA) is 55.4 Å². The van der Waals surface area contributed by atoms with E-state index in [-0.39, 0.29) is 5.91 Å². The van der Waals surface area contributed by atoms with Crippen LogP contribution >= 0.6 is 22.9 Å². The van der Waals surface area contributed by atoms with E-state index in [9.17, 15) is 9.59 Å². The summed E-state index contributed by atoms with van der Waals surface area (Å²) < 4.78 is 4.64. The first-order valence-electron chi connectivity index (χ1n) is 6.29. The summed E-state index contributed by atoms with van der Waals surface area (Å²) in [7, 11) is 1.30. The number of aryl methyl sites for hydroxylation is 1. The molecule has 1 amide bonds. The molecule has 0 spiro atoms. The third-order valence-corrected chi connectivity index (χ3v) is 3.94. The first kappa shape index (κ1) is 15.5. The number of nitrogens with one attached hydrogen (secondary N) is 1. The van der Waals surface area contributed by atoms with Crippen molar-refractivity contribution in [3.8, 4) is 0 Å². The Kier molecular flexibility index (Phi) is 5.36. The molecule has 0 aliphatic rings. The summed E-state index contributed by atoms with van der Waals surface area (Å²) in [4.78, 5) is 23.4. The molecule has 0 aliphatic heterocycles. The van der Waals surface area contributed by atoms with Crippen LogP contribution < -0.4 is 5.32 Å². The summed E-state index contributed by atoms with van der Waals surface area (Å²) in [5, 5.41) is 7.09. The van der Waals surface area contributed by atoms with Gasteiger partial charge < -0.3 is 10.1 Å². The molecule has 0 radical (unpaired) electrons. The van der Waals surface area contributed by atoms with Gasteiger partial charge in [-0.3, -0.25) is 4.79 Å². The molecule has 0 unspecified atom stereocenters. The lowest BCUT2D eigenvalue weighted by Gasteiger charge is -2.08. The van der Waals surface area contributed by atoms with Gasteiger partial charge in [-0.05, 0) is 47.0 Å². The Hall–Kier alpha value is -1.85. The van der Waals surface area contributed by atoms with Crippen LogP contribution in [0.3, 0.4) is 0 Å². The first-order valence-corrected chi connectivity index (χ1v) is 7.61. The SMILES string of the molecule is COC(=O)c1ccc(Cl)c(NC(=O)CCc2ccsc2)c1. The summed E-state index contributed by atoms with van der Waals surface area (Å²) in [5.74, 6) is -0.620. The number of carbonyl (C=O) groups excluding carboxylic acids is 2. The monoisotopic (exact) mass is 323 g/mol. The van der Waals surface area contributed by atoms with E-state index in [2.05, 4.69) is 10.1 Å². The molecule has 6 heteroatoms. The predicted octanol–water partition coefficient (Wildman–Crippen LogP) is 3.76. The van der Waals surface area contributed by atoms with Gasteiger partial charge in [0.2, 0.25) is 5.91 Å². The van der Waals surface area contributed by atoms with Gasteiger partial charge in [0.05, 0.1) is 23.4 Å². The van der Waals surface area contributed by atoms with Gasteiger partial charge >= 0.3 is 5.97 Å². The highest BCUT2D eigenvalue weighted by atomic mass is 35.5. The van der Waals surface area contributed by atoms with Crippen molar-refractivity contribution < 1.29 is 14.3 Å². The maximum absolute atomic E-state index is 11.9. The molecular formula is C15H14ClNO3S. The van der Waals surface area contributed by atoms with Crippen LogP contribution in [-0.4, -0.2) is 19.0 Å². The number of esters is 1. The van der Waals surface area contributed by atoms with E-state index >= 15 is 0 Å². The van der Waals surface area contributed by atoms with Crippen LogP contribution in [0.5, 0.6) is 0 Å². The molecule has 2 rings (SSSR count). The Balaban J connectivity index is 2.01. The van der Waals surface area contributed by atoms with E-state index in [1.54, 1.807) is 23.5 Å². The molecule has 2 aromatic rings. The Morgan fingerprint density at radius 1 is 1.33 bits per heavy atom. The second-order valence-corrected chi connectivity index (χ2v) is 5.55. The molecule has 0 saturated carbocycles. The van der Waals surface area contributed by atoms with E-state index in [0.29, 0.717) is 29.1 Å². The van der Waals surface area contributed by atoms with Crippen LogP contribution in [0.25, 0.3) is 0 Å². The molecule has 0 fully saturated rings. The van der Waals surface area contributed by atoms with E-state index < -0.39 is 5.97 Å². The summed E-state index contributed by atoms with van der Waals surface area (Å²) in [6, 6.07) is 6.61. The Morgan fingerprint density at radius 3 is 2.81 bits per heavy atom. The maximum Gasteiger partial charge on any atom is 0.337 e. The predicted molar refractivity (Wildman–Crippen MR) is 84.1 cm³/mol. The number of hydrogen-bond donors (Lipinski definition) is 1. The number of amides is 1. The number of benzene rings is 1. The van der Waals surface area contributed by atoms with Gasteiger partial charge in [0, 0.05) is 6.42 Å². The average Bonchev–Trinajstić information content (AvgIpc) is 3.00.